The van der Waals surface area contributed by atoms with E-state index >= 15 is 0 Å². The molecule has 124 valence electrons. The van der Waals surface area contributed by atoms with Crippen molar-refractivity contribution in [2.45, 2.75) is 83.1 Å². The second-order valence-corrected chi connectivity index (χ2v) is 10.2. The summed E-state index contributed by atoms with van der Waals surface area (Å²) in [4.78, 5) is 0. The number of rotatable bonds is 0. The summed E-state index contributed by atoms with van der Waals surface area (Å²) in [5, 5.41) is 0. The summed E-state index contributed by atoms with van der Waals surface area (Å²) in [6, 6.07) is 0. The predicted octanol–water partition coefficient (Wildman–Crippen LogP) is 6.78. The zero-order valence-electron chi connectivity index (χ0n) is 17.0. The Labute approximate surface area is 138 Å². The van der Waals surface area contributed by atoms with Crippen molar-refractivity contribution < 1.29 is 0 Å². The molecule has 0 aromatic carbocycles. The van der Waals surface area contributed by atoms with Crippen molar-refractivity contribution in [2.24, 2.45) is 32.5 Å². The first-order valence-electron chi connectivity index (χ1n) is 9.00. The highest BCUT2D eigenvalue weighted by molar-refractivity contribution is 5.58. The molecule has 3 aliphatic carbocycles. The summed E-state index contributed by atoms with van der Waals surface area (Å²) < 4.78 is 0. The highest BCUT2D eigenvalue weighted by atomic mass is 14.9. The van der Waals surface area contributed by atoms with E-state index in [0.717, 1.165) is 0 Å². The predicted molar refractivity (Wildman–Crippen MR) is 96.7 cm³/mol. The zero-order chi connectivity index (χ0) is 17.3. The lowest BCUT2D eigenvalue weighted by Gasteiger charge is -2.60. The Kier molecular flexibility index (Phi) is 2.56. The molecule has 1 fully saturated rings. The Morgan fingerprint density at radius 2 is 0.818 bits per heavy atom. The van der Waals surface area contributed by atoms with Gasteiger partial charge in [-0.1, -0.05) is 77.7 Å². The van der Waals surface area contributed by atoms with Gasteiger partial charge in [0.25, 0.3) is 0 Å². The molecule has 4 atom stereocenters. The first-order chi connectivity index (χ1) is 9.63. The van der Waals surface area contributed by atoms with Crippen molar-refractivity contribution in [2.75, 3.05) is 0 Å². The first kappa shape index (κ1) is 16.3. The molecule has 22 heavy (non-hydrogen) atoms. The van der Waals surface area contributed by atoms with Crippen molar-refractivity contribution in [3.8, 4) is 0 Å². The molecule has 3 aliphatic rings. The van der Waals surface area contributed by atoms with Crippen LogP contribution in [0.2, 0.25) is 0 Å². The minimum absolute atomic E-state index is 0.229. The zero-order valence-corrected chi connectivity index (χ0v) is 17.0. The number of hydrogen-bond donors (Lipinski definition) is 0. The fourth-order valence-electron chi connectivity index (χ4n) is 8.41. The summed E-state index contributed by atoms with van der Waals surface area (Å²) in [6.07, 6.45) is 0. The molecule has 0 heterocycles. The van der Waals surface area contributed by atoms with E-state index in [9.17, 15) is 0 Å². The molecule has 0 nitrogen and oxygen atoms in total. The van der Waals surface area contributed by atoms with Crippen LogP contribution in [0.1, 0.15) is 83.1 Å². The van der Waals surface area contributed by atoms with E-state index in [1.165, 1.54) is 0 Å². The molecule has 3 rings (SSSR count). The van der Waals surface area contributed by atoms with E-state index in [1.807, 2.05) is 0 Å². The summed E-state index contributed by atoms with van der Waals surface area (Å²) in [7, 11) is 0. The van der Waals surface area contributed by atoms with Crippen molar-refractivity contribution in [3.05, 3.63) is 22.3 Å². The van der Waals surface area contributed by atoms with Crippen LogP contribution in [0.4, 0.5) is 0 Å². The van der Waals surface area contributed by atoms with Crippen molar-refractivity contribution in [3.63, 3.8) is 0 Å². The van der Waals surface area contributed by atoms with Gasteiger partial charge in [-0.25, -0.2) is 0 Å². The largest absolute Gasteiger partial charge is 0.0675 e. The molecule has 0 amide bonds. The summed E-state index contributed by atoms with van der Waals surface area (Å²) in [6.45, 7) is 30.1. The third kappa shape index (κ3) is 0.910. The van der Waals surface area contributed by atoms with E-state index in [1.54, 1.807) is 22.3 Å². The van der Waals surface area contributed by atoms with Gasteiger partial charge in [0.15, 0.2) is 0 Å². The third-order valence-electron chi connectivity index (χ3n) is 11.1. The fraction of sp³-hybridized carbons (Fsp3) is 0.818. The van der Waals surface area contributed by atoms with Gasteiger partial charge in [-0.05, 0) is 43.9 Å². The second-order valence-electron chi connectivity index (χ2n) is 10.2. The molecule has 0 saturated heterocycles. The van der Waals surface area contributed by atoms with Crippen LogP contribution in [0, 0.1) is 32.5 Å². The fourth-order valence-corrected chi connectivity index (χ4v) is 8.41. The summed E-state index contributed by atoms with van der Waals surface area (Å²) in [5.41, 5.74) is 8.06. The SMILES string of the molecule is CC1=C(C)C2(C)C3(C)C(C)=C(C)C(C)(C3(C)C)C2(C)C1(C)C. The van der Waals surface area contributed by atoms with Crippen LogP contribution in [0.3, 0.4) is 0 Å². The molecule has 2 bridgehead atoms. The number of hydrogen-bond acceptors (Lipinski definition) is 0. The van der Waals surface area contributed by atoms with E-state index in [4.69, 9.17) is 0 Å². The molecule has 0 radical (unpaired) electrons. The minimum Gasteiger partial charge on any atom is -0.0675 e. The van der Waals surface area contributed by atoms with E-state index in [-0.39, 0.29) is 32.5 Å². The highest BCUT2D eigenvalue weighted by Crippen LogP contribution is 2.93. The second kappa shape index (κ2) is 3.45. The Hall–Kier alpha value is -0.520. The van der Waals surface area contributed by atoms with Gasteiger partial charge >= 0.3 is 0 Å². The minimum atomic E-state index is 0.229. The van der Waals surface area contributed by atoms with E-state index < -0.39 is 0 Å². The van der Waals surface area contributed by atoms with Gasteiger partial charge in [0.05, 0.1) is 0 Å². The molecule has 0 aliphatic heterocycles. The van der Waals surface area contributed by atoms with Crippen molar-refractivity contribution in [1.29, 1.82) is 0 Å². The maximum atomic E-state index is 2.61. The molecule has 0 spiro atoms. The van der Waals surface area contributed by atoms with E-state index in [2.05, 4.69) is 83.1 Å². The monoisotopic (exact) mass is 300 g/mol. The van der Waals surface area contributed by atoms with Gasteiger partial charge in [-0.2, -0.15) is 0 Å². The van der Waals surface area contributed by atoms with Gasteiger partial charge in [0, 0.05) is 16.2 Å². The molecular formula is C22H36. The van der Waals surface area contributed by atoms with Crippen LogP contribution in [0.15, 0.2) is 22.3 Å². The van der Waals surface area contributed by atoms with Gasteiger partial charge in [-0.3, -0.25) is 0 Å². The summed E-state index contributed by atoms with van der Waals surface area (Å²) in [5.74, 6) is 0. The lowest BCUT2D eigenvalue weighted by molar-refractivity contribution is -0.0575. The average Bonchev–Trinajstić information content (AvgIpc) is 2.65. The molecule has 1 saturated carbocycles. The van der Waals surface area contributed by atoms with Crippen LogP contribution in [-0.4, -0.2) is 0 Å². The molecule has 0 heteroatoms. The van der Waals surface area contributed by atoms with Gasteiger partial charge < -0.3 is 0 Å². The van der Waals surface area contributed by atoms with E-state index in [0.29, 0.717) is 0 Å². The van der Waals surface area contributed by atoms with Gasteiger partial charge in [0.1, 0.15) is 0 Å². The highest BCUT2D eigenvalue weighted by Gasteiger charge is 2.87. The van der Waals surface area contributed by atoms with Crippen molar-refractivity contribution in [1.82, 2.24) is 0 Å². The lowest BCUT2D eigenvalue weighted by atomic mass is 9.43. The maximum Gasteiger partial charge on any atom is 0.00504 e. The Bertz CT molecular complexity index is 656. The lowest BCUT2D eigenvalue weighted by Crippen LogP contribution is -2.54. The molecule has 4 unspecified atom stereocenters. The molecule has 0 aromatic heterocycles. The number of fused-ring (bicyclic) bond motifs is 5. The number of allylic oxidation sites excluding steroid dienone is 4. The van der Waals surface area contributed by atoms with Crippen LogP contribution in [0.5, 0.6) is 0 Å². The standard InChI is InChI=1S/C22H36/c1-13-14(2)21(11)19(9)15(3)16(4)20(10,18(19,7)8)22(21,12)17(13,5)6/h1-12H3. The Morgan fingerprint density at radius 1 is 0.455 bits per heavy atom. The van der Waals surface area contributed by atoms with Gasteiger partial charge in [-0.15, -0.1) is 0 Å². The third-order valence-corrected chi connectivity index (χ3v) is 11.1. The summed E-state index contributed by atoms with van der Waals surface area (Å²) >= 11 is 0. The normalized spacial score (nSPS) is 51.8. The van der Waals surface area contributed by atoms with Crippen LogP contribution >= 0.6 is 0 Å². The van der Waals surface area contributed by atoms with Gasteiger partial charge in [0.2, 0.25) is 0 Å². The Balaban J connectivity index is 2.57. The van der Waals surface area contributed by atoms with Crippen LogP contribution in [-0.2, 0) is 0 Å². The van der Waals surface area contributed by atoms with Crippen LogP contribution in [0.25, 0.3) is 0 Å². The Morgan fingerprint density at radius 3 is 1.27 bits per heavy atom. The van der Waals surface area contributed by atoms with Crippen LogP contribution < -0.4 is 0 Å². The molecule has 0 N–H and O–H groups in total. The molecular weight excluding hydrogens is 264 g/mol. The smallest absolute Gasteiger partial charge is 0.00504 e. The van der Waals surface area contributed by atoms with Crippen molar-refractivity contribution >= 4 is 0 Å². The molecule has 0 aromatic rings. The first-order valence-corrected chi connectivity index (χ1v) is 9.00. The average molecular weight is 301 g/mol. The maximum absolute atomic E-state index is 2.61. The topological polar surface area (TPSA) is 0 Å². The quantitative estimate of drug-likeness (QED) is 0.433.